The predicted molar refractivity (Wildman–Crippen MR) is 104 cm³/mol. The Morgan fingerprint density at radius 2 is 1.68 bits per heavy atom. The van der Waals surface area contributed by atoms with Crippen LogP contribution in [0.25, 0.3) is 0 Å². The minimum absolute atomic E-state index is 0.00644. The maximum Gasteiger partial charge on any atom is 0.239 e. The molecule has 25 heavy (non-hydrogen) atoms. The Hall–Kier alpha value is -1.83. The number of carbonyl (C=O) groups is 1. The number of guanidine groups is 2. The van der Waals surface area contributed by atoms with E-state index >= 15 is 0 Å². The van der Waals surface area contributed by atoms with Gasteiger partial charge in [-0.05, 0) is 17.8 Å². The SMILES string of the molecule is CNC(=O)CNC(=N)NC(=N)NCC(C)CC(C)(C)CC[N+](C)(C)C. The second-order valence-corrected chi connectivity index (χ2v) is 8.52. The molecule has 8 nitrogen and oxygen atoms in total. The van der Waals surface area contributed by atoms with Gasteiger partial charge in [0.2, 0.25) is 5.91 Å². The molecule has 0 spiro atoms. The minimum atomic E-state index is -0.212. The van der Waals surface area contributed by atoms with Crippen molar-refractivity contribution in [3.63, 3.8) is 0 Å². The van der Waals surface area contributed by atoms with Crippen molar-refractivity contribution in [3.8, 4) is 0 Å². The van der Waals surface area contributed by atoms with Gasteiger partial charge in [0.25, 0.3) is 0 Å². The van der Waals surface area contributed by atoms with Crippen LogP contribution in [-0.4, -0.2) is 70.1 Å². The molecule has 0 fully saturated rings. The van der Waals surface area contributed by atoms with Crippen LogP contribution in [0.1, 0.15) is 33.6 Å². The molecule has 0 radical (unpaired) electrons. The lowest BCUT2D eigenvalue weighted by Crippen LogP contribution is -2.48. The predicted octanol–water partition coefficient (Wildman–Crippen LogP) is 0.519. The van der Waals surface area contributed by atoms with Gasteiger partial charge in [0.05, 0.1) is 34.2 Å². The topological polar surface area (TPSA) is 113 Å². The molecular formula is C17H38N7O+. The first-order valence-electron chi connectivity index (χ1n) is 8.77. The molecule has 1 unspecified atom stereocenters. The fourth-order valence-electron chi connectivity index (χ4n) is 2.50. The molecule has 0 saturated heterocycles. The first-order valence-corrected chi connectivity index (χ1v) is 8.77. The van der Waals surface area contributed by atoms with Gasteiger partial charge in [0.1, 0.15) is 0 Å². The van der Waals surface area contributed by atoms with Crippen LogP contribution < -0.4 is 21.3 Å². The molecule has 0 aromatic rings. The highest BCUT2D eigenvalue weighted by Gasteiger charge is 2.24. The average molecular weight is 357 g/mol. The molecule has 0 aliphatic carbocycles. The Bertz CT molecular complexity index is 454. The number of nitrogens with zero attached hydrogens (tertiary/aromatic N) is 1. The number of likely N-dealkylation sites (N-methyl/N-ethyl adjacent to an activating group) is 1. The highest BCUT2D eigenvalue weighted by molar-refractivity contribution is 5.96. The van der Waals surface area contributed by atoms with Crippen LogP contribution in [-0.2, 0) is 4.79 Å². The van der Waals surface area contributed by atoms with Crippen LogP contribution in [0.3, 0.4) is 0 Å². The summed E-state index contributed by atoms with van der Waals surface area (Å²) in [5.74, 6) is 0.191. The van der Waals surface area contributed by atoms with Crippen molar-refractivity contribution in [2.24, 2.45) is 11.3 Å². The molecule has 0 aromatic heterocycles. The van der Waals surface area contributed by atoms with Gasteiger partial charge in [-0.25, -0.2) is 0 Å². The number of amides is 1. The van der Waals surface area contributed by atoms with Crippen molar-refractivity contribution < 1.29 is 9.28 Å². The lowest BCUT2D eigenvalue weighted by molar-refractivity contribution is -0.871. The summed E-state index contributed by atoms with van der Waals surface area (Å²) < 4.78 is 0.968. The number of rotatable bonds is 9. The molecule has 0 heterocycles. The minimum Gasteiger partial charge on any atom is -0.358 e. The van der Waals surface area contributed by atoms with Crippen molar-refractivity contribution >= 4 is 17.8 Å². The molecule has 6 N–H and O–H groups in total. The molecular weight excluding hydrogens is 318 g/mol. The van der Waals surface area contributed by atoms with Gasteiger partial charge in [0, 0.05) is 20.0 Å². The largest absolute Gasteiger partial charge is 0.358 e. The van der Waals surface area contributed by atoms with E-state index in [-0.39, 0.29) is 29.8 Å². The Kier molecular flexibility index (Phi) is 9.48. The number of hydrogen-bond acceptors (Lipinski definition) is 3. The first kappa shape index (κ1) is 23.2. The van der Waals surface area contributed by atoms with Crippen molar-refractivity contribution in [2.45, 2.75) is 33.6 Å². The van der Waals surface area contributed by atoms with Gasteiger partial charge in [-0.3, -0.25) is 20.9 Å². The standard InChI is InChI=1S/C17H37N7O/c1-13(10-17(2,3)8-9-24(5,6)7)11-21-15(18)23-16(19)22-12-14(25)20-4/h13H,8-12H2,1-7H3,(H5-,18,19,20,21,22,23,25)/p+1. The van der Waals surface area contributed by atoms with Crippen LogP contribution in [0.15, 0.2) is 0 Å². The van der Waals surface area contributed by atoms with Crippen LogP contribution in [0.4, 0.5) is 0 Å². The molecule has 0 aliphatic rings. The van der Waals surface area contributed by atoms with E-state index in [0.29, 0.717) is 12.5 Å². The van der Waals surface area contributed by atoms with E-state index < -0.39 is 0 Å². The summed E-state index contributed by atoms with van der Waals surface area (Å²) in [7, 11) is 8.16. The lowest BCUT2D eigenvalue weighted by atomic mass is 9.80. The summed E-state index contributed by atoms with van der Waals surface area (Å²) in [6.45, 7) is 8.57. The highest BCUT2D eigenvalue weighted by Crippen LogP contribution is 2.29. The number of carbonyl (C=O) groups excluding carboxylic acids is 1. The fraction of sp³-hybridized carbons (Fsp3) is 0.824. The summed E-state index contributed by atoms with van der Waals surface area (Å²) in [4.78, 5) is 11.1. The fourth-order valence-corrected chi connectivity index (χ4v) is 2.50. The molecule has 0 saturated carbocycles. The number of hydrogen-bond donors (Lipinski definition) is 6. The highest BCUT2D eigenvalue weighted by atomic mass is 16.1. The molecule has 1 atom stereocenters. The second-order valence-electron chi connectivity index (χ2n) is 8.52. The summed E-state index contributed by atoms with van der Waals surface area (Å²) in [6.07, 6.45) is 2.23. The van der Waals surface area contributed by atoms with Crippen LogP contribution in [0.5, 0.6) is 0 Å². The smallest absolute Gasteiger partial charge is 0.239 e. The Balaban J connectivity index is 4.11. The summed E-state index contributed by atoms with van der Waals surface area (Å²) >= 11 is 0. The van der Waals surface area contributed by atoms with Crippen molar-refractivity contribution in [2.75, 3.05) is 47.8 Å². The molecule has 0 rings (SSSR count). The zero-order chi connectivity index (χ0) is 19.7. The van der Waals surface area contributed by atoms with Gasteiger partial charge >= 0.3 is 0 Å². The second kappa shape index (κ2) is 10.2. The third kappa shape index (κ3) is 13.2. The van der Waals surface area contributed by atoms with Crippen molar-refractivity contribution in [1.29, 1.82) is 10.8 Å². The van der Waals surface area contributed by atoms with E-state index in [1.54, 1.807) is 0 Å². The van der Waals surface area contributed by atoms with E-state index in [9.17, 15) is 4.79 Å². The summed E-state index contributed by atoms with van der Waals surface area (Å²) in [5.41, 5.74) is 0.254. The number of quaternary nitrogens is 1. The van der Waals surface area contributed by atoms with Crippen molar-refractivity contribution in [3.05, 3.63) is 0 Å². The molecule has 0 aliphatic heterocycles. The van der Waals surface area contributed by atoms with Crippen molar-refractivity contribution in [1.82, 2.24) is 21.3 Å². The average Bonchev–Trinajstić information content (AvgIpc) is 2.47. The molecule has 0 aromatic carbocycles. The maximum atomic E-state index is 11.1. The Morgan fingerprint density at radius 1 is 1.12 bits per heavy atom. The molecule has 146 valence electrons. The van der Waals surface area contributed by atoms with Gasteiger partial charge in [-0.2, -0.15) is 0 Å². The third-order valence-corrected chi connectivity index (χ3v) is 3.94. The molecule has 8 heteroatoms. The maximum absolute atomic E-state index is 11.1. The van der Waals surface area contributed by atoms with E-state index in [1.807, 2.05) is 0 Å². The number of nitrogens with one attached hydrogen (secondary N) is 6. The van der Waals surface area contributed by atoms with Gasteiger partial charge in [-0.1, -0.05) is 20.8 Å². The van der Waals surface area contributed by atoms with E-state index in [2.05, 4.69) is 63.2 Å². The Morgan fingerprint density at radius 3 is 2.20 bits per heavy atom. The van der Waals surface area contributed by atoms with Gasteiger partial charge in [-0.15, -0.1) is 0 Å². The third-order valence-electron chi connectivity index (χ3n) is 3.94. The van der Waals surface area contributed by atoms with Crippen LogP contribution >= 0.6 is 0 Å². The van der Waals surface area contributed by atoms with E-state index in [1.165, 1.54) is 7.05 Å². The first-order chi connectivity index (χ1) is 11.3. The van der Waals surface area contributed by atoms with Crippen LogP contribution in [0.2, 0.25) is 0 Å². The zero-order valence-corrected chi connectivity index (χ0v) is 17.0. The normalized spacial score (nSPS) is 12.9. The zero-order valence-electron chi connectivity index (χ0n) is 17.0. The molecule has 0 bridgehead atoms. The monoisotopic (exact) mass is 356 g/mol. The lowest BCUT2D eigenvalue weighted by Gasteiger charge is -2.32. The summed E-state index contributed by atoms with van der Waals surface area (Å²) in [5, 5.41) is 26.1. The van der Waals surface area contributed by atoms with E-state index in [0.717, 1.165) is 23.9 Å². The molecule has 1 amide bonds. The van der Waals surface area contributed by atoms with Crippen LogP contribution in [0, 0.1) is 22.2 Å². The van der Waals surface area contributed by atoms with E-state index in [4.69, 9.17) is 10.8 Å². The Labute approximate surface area is 152 Å². The van der Waals surface area contributed by atoms with Gasteiger partial charge in [0.15, 0.2) is 11.9 Å². The van der Waals surface area contributed by atoms with Gasteiger partial charge < -0.3 is 20.4 Å². The summed E-state index contributed by atoms with van der Waals surface area (Å²) in [6, 6.07) is 0. The quantitative estimate of drug-likeness (QED) is 0.205.